The molecule has 0 fully saturated rings. The van der Waals surface area contributed by atoms with Gasteiger partial charge in [-0.1, -0.05) is 11.6 Å². The molecule has 2 aromatic carbocycles. The van der Waals surface area contributed by atoms with Crippen LogP contribution in [0.4, 0.5) is 10.1 Å². The van der Waals surface area contributed by atoms with Crippen LogP contribution in [0, 0.1) is 5.82 Å². The van der Waals surface area contributed by atoms with Gasteiger partial charge in [0.25, 0.3) is 0 Å². The van der Waals surface area contributed by atoms with Crippen molar-refractivity contribution in [3.05, 3.63) is 52.8 Å². The van der Waals surface area contributed by atoms with Crippen molar-refractivity contribution in [3.63, 3.8) is 0 Å². The number of hydrogen-bond donors (Lipinski definition) is 3. The number of hydrogen-bond acceptors (Lipinski definition) is 5. The van der Waals surface area contributed by atoms with E-state index in [1.807, 2.05) is 0 Å². The first kappa shape index (κ1) is 20.2. The highest BCUT2D eigenvalue weighted by atomic mass is 35.5. The second-order valence-electron chi connectivity index (χ2n) is 5.31. The molecule has 7 nitrogen and oxygen atoms in total. The maximum atomic E-state index is 12.8. The average Bonchev–Trinajstić information content (AvgIpc) is 2.61. The van der Waals surface area contributed by atoms with E-state index >= 15 is 0 Å². The van der Waals surface area contributed by atoms with Gasteiger partial charge in [0.05, 0.1) is 17.8 Å². The third-order valence-corrected chi connectivity index (χ3v) is 3.49. The molecule has 0 aliphatic rings. The van der Waals surface area contributed by atoms with Crippen molar-refractivity contribution in [1.82, 2.24) is 5.43 Å². The summed E-state index contributed by atoms with van der Waals surface area (Å²) in [6.45, 7) is 2.09. The van der Waals surface area contributed by atoms with Crippen molar-refractivity contribution in [2.75, 3.05) is 11.9 Å². The second kappa shape index (κ2) is 9.54. The van der Waals surface area contributed by atoms with Gasteiger partial charge in [-0.25, -0.2) is 9.82 Å². The van der Waals surface area contributed by atoms with E-state index in [9.17, 15) is 19.1 Å². The van der Waals surface area contributed by atoms with Crippen LogP contribution in [0.1, 0.15) is 18.9 Å². The van der Waals surface area contributed by atoms with Crippen LogP contribution < -0.4 is 15.5 Å². The molecule has 142 valence electrons. The van der Waals surface area contributed by atoms with Gasteiger partial charge in [0.15, 0.2) is 11.5 Å². The Balaban J connectivity index is 1.89. The zero-order valence-electron chi connectivity index (χ0n) is 14.3. The molecule has 0 aliphatic heterocycles. The summed E-state index contributed by atoms with van der Waals surface area (Å²) in [4.78, 5) is 23.5. The standard InChI is InChI=1S/C18H17ClFN3O4/c1-2-27-15-8-11(7-14(19)18(15)26)10-21-23-17(25)9-16(24)22-13-5-3-12(20)4-6-13/h3-8,10,26H,2,9H2,1H3,(H,22,24)(H,23,25). The van der Waals surface area contributed by atoms with Crippen molar-refractivity contribution < 1.29 is 23.8 Å². The van der Waals surface area contributed by atoms with Crippen molar-refractivity contribution in [2.45, 2.75) is 13.3 Å². The quantitative estimate of drug-likeness (QED) is 0.382. The van der Waals surface area contributed by atoms with Crippen molar-refractivity contribution >= 4 is 35.3 Å². The fourth-order valence-corrected chi connectivity index (χ4v) is 2.26. The Morgan fingerprint density at radius 3 is 2.63 bits per heavy atom. The van der Waals surface area contributed by atoms with Crippen molar-refractivity contribution in [2.24, 2.45) is 5.10 Å². The first-order chi connectivity index (χ1) is 12.9. The fourth-order valence-electron chi connectivity index (χ4n) is 2.04. The van der Waals surface area contributed by atoms with Crippen molar-refractivity contribution in [3.8, 4) is 11.5 Å². The maximum absolute atomic E-state index is 12.8. The number of benzene rings is 2. The zero-order valence-corrected chi connectivity index (χ0v) is 15.1. The molecule has 27 heavy (non-hydrogen) atoms. The molecule has 3 N–H and O–H groups in total. The largest absolute Gasteiger partial charge is 0.503 e. The van der Waals surface area contributed by atoms with Crippen LogP contribution in [0.15, 0.2) is 41.5 Å². The lowest BCUT2D eigenvalue weighted by Gasteiger charge is -2.08. The van der Waals surface area contributed by atoms with E-state index in [-0.39, 0.29) is 16.5 Å². The highest BCUT2D eigenvalue weighted by Crippen LogP contribution is 2.34. The molecule has 2 aromatic rings. The number of halogens is 2. The van der Waals surface area contributed by atoms with Crippen LogP contribution in [0.3, 0.4) is 0 Å². The second-order valence-corrected chi connectivity index (χ2v) is 5.71. The lowest BCUT2D eigenvalue weighted by molar-refractivity contribution is -0.126. The topological polar surface area (TPSA) is 100 Å². The number of nitrogens with one attached hydrogen (secondary N) is 2. The summed E-state index contributed by atoms with van der Waals surface area (Å²) in [6, 6.07) is 8.10. The summed E-state index contributed by atoms with van der Waals surface area (Å²) in [5, 5.41) is 16.0. The monoisotopic (exact) mass is 393 g/mol. The van der Waals surface area contributed by atoms with Gasteiger partial charge in [-0.3, -0.25) is 9.59 Å². The molecule has 2 amide bonds. The Labute approximate surface area is 159 Å². The Kier molecular flexibility index (Phi) is 7.13. The summed E-state index contributed by atoms with van der Waals surface area (Å²) in [5.74, 6) is -1.63. The molecule has 9 heteroatoms. The average molecular weight is 394 g/mol. The number of phenolic OH excluding ortho intramolecular Hbond substituents is 1. The number of anilines is 1. The third-order valence-electron chi connectivity index (χ3n) is 3.20. The van der Waals surface area contributed by atoms with Gasteiger partial charge in [-0.2, -0.15) is 5.10 Å². The van der Waals surface area contributed by atoms with Gasteiger partial charge in [-0.05, 0) is 48.9 Å². The van der Waals surface area contributed by atoms with E-state index in [2.05, 4.69) is 15.8 Å². The molecule has 0 saturated carbocycles. The van der Waals surface area contributed by atoms with Gasteiger partial charge in [0.1, 0.15) is 12.2 Å². The van der Waals surface area contributed by atoms with E-state index in [1.165, 1.54) is 42.6 Å². The molecule has 2 rings (SSSR count). The minimum atomic E-state index is -0.638. The van der Waals surface area contributed by atoms with Gasteiger partial charge in [0, 0.05) is 5.69 Å². The normalized spacial score (nSPS) is 10.6. The van der Waals surface area contributed by atoms with E-state index in [0.717, 1.165) is 0 Å². The van der Waals surface area contributed by atoms with E-state index in [0.29, 0.717) is 17.9 Å². The van der Waals surface area contributed by atoms with Crippen LogP contribution in [-0.2, 0) is 9.59 Å². The van der Waals surface area contributed by atoms with Crippen molar-refractivity contribution in [1.29, 1.82) is 0 Å². The summed E-state index contributed by atoms with van der Waals surface area (Å²) in [5.41, 5.74) is 3.06. The number of amides is 2. The van der Waals surface area contributed by atoms with Crippen LogP contribution in [0.25, 0.3) is 0 Å². The number of phenols is 1. The SMILES string of the molecule is CCOc1cc(C=NNC(=O)CC(=O)Nc2ccc(F)cc2)cc(Cl)c1O. The van der Waals surface area contributed by atoms with Gasteiger partial charge >= 0.3 is 0 Å². The smallest absolute Gasteiger partial charge is 0.249 e. The number of carbonyl (C=O) groups is 2. The molecular formula is C18H17ClFN3O4. The Hall–Kier alpha value is -3.13. The highest BCUT2D eigenvalue weighted by molar-refractivity contribution is 6.32. The molecule has 0 spiro atoms. The van der Waals surface area contributed by atoms with Crippen LogP contribution in [0.5, 0.6) is 11.5 Å². The molecule has 0 aliphatic carbocycles. The number of hydrazone groups is 1. The van der Waals surface area contributed by atoms with Crippen LogP contribution in [-0.4, -0.2) is 29.7 Å². The number of ether oxygens (including phenoxy) is 1. The molecule has 0 atom stereocenters. The number of carbonyl (C=O) groups excluding carboxylic acids is 2. The van der Waals surface area contributed by atoms with Gasteiger partial charge in [0.2, 0.25) is 11.8 Å². The Morgan fingerprint density at radius 1 is 1.26 bits per heavy atom. The molecule has 0 heterocycles. The molecule has 0 bridgehead atoms. The van der Waals surface area contributed by atoms with Gasteiger partial charge < -0.3 is 15.2 Å². The Morgan fingerprint density at radius 2 is 1.96 bits per heavy atom. The third kappa shape index (κ3) is 6.27. The molecule has 0 aromatic heterocycles. The first-order valence-electron chi connectivity index (χ1n) is 7.91. The molecular weight excluding hydrogens is 377 g/mol. The summed E-state index contributed by atoms with van der Waals surface area (Å²) >= 11 is 5.90. The van der Waals surface area contributed by atoms with Gasteiger partial charge in [-0.15, -0.1) is 0 Å². The number of aromatic hydroxyl groups is 1. The molecule has 0 saturated heterocycles. The summed E-state index contributed by atoms with van der Waals surface area (Å²) in [7, 11) is 0. The number of nitrogens with zero attached hydrogens (tertiary/aromatic N) is 1. The number of rotatable bonds is 7. The maximum Gasteiger partial charge on any atom is 0.249 e. The molecule has 0 unspecified atom stereocenters. The predicted molar refractivity (Wildman–Crippen MR) is 99.7 cm³/mol. The Bertz CT molecular complexity index is 856. The van der Waals surface area contributed by atoms with Crippen LogP contribution in [0.2, 0.25) is 5.02 Å². The molecule has 0 radical (unpaired) electrons. The summed E-state index contributed by atoms with van der Waals surface area (Å²) in [6.07, 6.45) is 0.832. The summed E-state index contributed by atoms with van der Waals surface area (Å²) < 4.78 is 18.0. The zero-order chi connectivity index (χ0) is 19.8. The van der Waals surface area contributed by atoms with E-state index in [4.69, 9.17) is 16.3 Å². The minimum absolute atomic E-state index is 0.0763. The highest BCUT2D eigenvalue weighted by Gasteiger charge is 2.10. The fraction of sp³-hybridized carbons (Fsp3) is 0.167. The lowest BCUT2D eigenvalue weighted by Crippen LogP contribution is -2.24. The first-order valence-corrected chi connectivity index (χ1v) is 8.29. The minimum Gasteiger partial charge on any atom is -0.503 e. The van der Waals surface area contributed by atoms with E-state index < -0.39 is 24.1 Å². The van der Waals surface area contributed by atoms with Crippen LogP contribution >= 0.6 is 11.6 Å². The van der Waals surface area contributed by atoms with E-state index in [1.54, 1.807) is 6.92 Å². The lowest BCUT2D eigenvalue weighted by atomic mass is 10.2. The predicted octanol–water partition coefficient (Wildman–Crippen LogP) is 3.06.